The highest BCUT2D eigenvalue weighted by atomic mass is 16.5. The van der Waals surface area contributed by atoms with Crippen LogP contribution in [0, 0.1) is 13.8 Å². The molecule has 1 aromatic heterocycles. The molecule has 0 unspecified atom stereocenters. The summed E-state index contributed by atoms with van der Waals surface area (Å²) in [7, 11) is 2.13. The summed E-state index contributed by atoms with van der Waals surface area (Å²) in [4.78, 5) is 5.06. The summed E-state index contributed by atoms with van der Waals surface area (Å²) in [5.41, 5.74) is 8.25. The summed E-state index contributed by atoms with van der Waals surface area (Å²) in [6, 6.07) is 15.0. The summed E-state index contributed by atoms with van der Waals surface area (Å²) < 4.78 is 8.62. The van der Waals surface area contributed by atoms with Crippen molar-refractivity contribution in [2.75, 3.05) is 0 Å². The average molecular weight is 369 g/mol. The van der Waals surface area contributed by atoms with Crippen LogP contribution in [0.15, 0.2) is 42.5 Å². The Balaban J connectivity index is 1.97. The van der Waals surface area contributed by atoms with Crippen molar-refractivity contribution in [2.45, 2.75) is 40.0 Å². The minimum Gasteiger partial charge on any atom is -0.433 e. The molecule has 0 fully saturated rings. The van der Waals surface area contributed by atoms with Gasteiger partial charge in [0.2, 0.25) is 5.52 Å². The van der Waals surface area contributed by atoms with Crippen molar-refractivity contribution < 1.29 is 9.30 Å². The van der Waals surface area contributed by atoms with Crippen molar-refractivity contribution in [3.8, 4) is 22.9 Å². The minimum absolute atomic E-state index is 0.00678. The van der Waals surface area contributed by atoms with Crippen LogP contribution in [0.25, 0.3) is 33.1 Å². The average Bonchev–Trinajstić information content (AvgIpc) is 2.64. The monoisotopic (exact) mass is 369 g/mol. The van der Waals surface area contributed by atoms with Gasteiger partial charge in [-0.25, -0.2) is 4.98 Å². The van der Waals surface area contributed by atoms with Crippen LogP contribution in [0.2, 0.25) is 0 Å². The number of nitrogens with zero attached hydrogens (tertiary/aromatic N) is 2. The Morgan fingerprint density at radius 3 is 2.50 bits per heavy atom. The number of fused-ring (bicyclic) bond motifs is 3. The largest absolute Gasteiger partial charge is 0.433 e. The fourth-order valence-corrected chi connectivity index (χ4v) is 4.44. The summed E-state index contributed by atoms with van der Waals surface area (Å²) >= 11 is 0. The maximum Gasteiger partial charge on any atom is 0.294 e. The van der Waals surface area contributed by atoms with Gasteiger partial charge in [-0.05, 0) is 47.4 Å². The second-order valence-electron chi connectivity index (χ2n) is 8.90. The van der Waals surface area contributed by atoms with E-state index >= 15 is 0 Å². The first-order chi connectivity index (χ1) is 13.3. The van der Waals surface area contributed by atoms with E-state index in [9.17, 15) is 0 Å². The molecule has 0 radical (unpaired) electrons. The number of rotatable bonds is 0. The van der Waals surface area contributed by atoms with Crippen molar-refractivity contribution in [2.24, 2.45) is 7.05 Å². The van der Waals surface area contributed by atoms with E-state index in [1.54, 1.807) is 0 Å². The van der Waals surface area contributed by atoms with Gasteiger partial charge < -0.3 is 4.74 Å². The van der Waals surface area contributed by atoms with Crippen LogP contribution in [0.5, 0.6) is 11.6 Å². The molecule has 140 valence electrons. The fraction of sp³-hybridized carbons (Fsp3) is 0.280. The second-order valence-corrected chi connectivity index (χ2v) is 8.90. The molecule has 0 saturated heterocycles. The third-order valence-electron chi connectivity index (χ3n) is 6.03. The van der Waals surface area contributed by atoms with Crippen molar-refractivity contribution in [3.05, 3.63) is 59.2 Å². The third kappa shape index (κ3) is 2.22. The molecule has 0 bridgehead atoms. The Morgan fingerprint density at radius 2 is 1.75 bits per heavy atom. The van der Waals surface area contributed by atoms with E-state index < -0.39 is 0 Å². The third-order valence-corrected chi connectivity index (χ3v) is 6.03. The molecule has 0 saturated carbocycles. The molecule has 0 aliphatic carbocycles. The van der Waals surface area contributed by atoms with Crippen LogP contribution < -0.4 is 9.30 Å². The highest BCUT2D eigenvalue weighted by molar-refractivity contribution is 6.04. The van der Waals surface area contributed by atoms with Crippen LogP contribution in [-0.4, -0.2) is 4.98 Å². The van der Waals surface area contributed by atoms with Crippen molar-refractivity contribution in [1.29, 1.82) is 0 Å². The highest BCUT2D eigenvalue weighted by Crippen LogP contribution is 2.47. The smallest absolute Gasteiger partial charge is 0.294 e. The Kier molecular flexibility index (Phi) is 3.40. The summed E-state index contributed by atoms with van der Waals surface area (Å²) in [5.74, 6) is 1.59. The van der Waals surface area contributed by atoms with Gasteiger partial charge in [0, 0.05) is 11.5 Å². The molecule has 1 aliphatic heterocycles. The molecule has 3 heteroatoms. The predicted molar refractivity (Wildman–Crippen MR) is 114 cm³/mol. The van der Waals surface area contributed by atoms with Gasteiger partial charge in [-0.15, -0.1) is 0 Å². The molecule has 0 atom stereocenters. The summed E-state index contributed by atoms with van der Waals surface area (Å²) in [6.07, 6.45) is 0. The number of aryl methyl sites for hydroxylation is 2. The molecule has 3 aromatic carbocycles. The lowest BCUT2D eigenvalue weighted by Gasteiger charge is -2.23. The van der Waals surface area contributed by atoms with E-state index in [1.165, 1.54) is 33.0 Å². The minimum atomic E-state index is 0.00678. The zero-order chi connectivity index (χ0) is 19.8. The normalized spacial score (nSPS) is 12.9. The first-order valence-electron chi connectivity index (χ1n) is 9.82. The SMILES string of the molecule is Cc1cc2cccc3c2c(c1C)-c1c(nc2c(C(C)(C)C)cccc2[n+]1C)O3. The first kappa shape index (κ1) is 17.2. The van der Waals surface area contributed by atoms with Crippen LogP contribution in [0.3, 0.4) is 0 Å². The number of ether oxygens (including phenoxy) is 1. The number of aromatic nitrogens is 2. The Labute approximate surface area is 165 Å². The fourth-order valence-electron chi connectivity index (χ4n) is 4.44. The van der Waals surface area contributed by atoms with Crippen LogP contribution >= 0.6 is 0 Å². The zero-order valence-electron chi connectivity index (χ0n) is 17.3. The van der Waals surface area contributed by atoms with Crippen LogP contribution in [0.1, 0.15) is 37.5 Å². The highest BCUT2D eigenvalue weighted by Gasteiger charge is 2.34. The predicted octanol–water partition coefficient (Wildman–Crippen LogP) is 5.90. The maximum absolute atomic E-state index is 6.37. The number of hydrogen-bond acceptors (Lipinski definition) is 2. The van der Waals surface area contributed by atoms with E-state index in [-0.39, 0.29) is 5.41 Å². The lowest BCUT2D eigenvalue weighted by Crippen LogP contribution is -2.35. The van der Waals surface area contributed by atoms with Crippen LogP contribution in [0.4, 0.5) is 0 Å². The van der Waals surface area contributed by atoms with Crippen molar-refractivity contribution in [1.82, 2.24) is 4.98 Å². The molecule has 5 rings (SSSR count). The summed E-state index contributed by atoms with van der Waals surface area (Å²) in [6.45, 7) is 11.1. The number of benzene rings is 3. The molecule has 0 spiro atoms. The molecule has 3 nitrogen and oxygen atoms in total. The van der Waals surface area contributed by atoms with E-state index in [1.807, 2.05) is 6.07 Å². The van der Waals surface area contributed by atoms with E-state index in [0.29, 0.717) is 5.88 Å². The maximum atomic E-state index is 6.37. The zero-order valence-corrected chi connectivity index (χ0v) is 17.3. The second kappa shape index (κ2) is 5.54. The van der Waals surface area contributed by atoms with E-state index in [2.05, 4.69) is 82.6 Å². The molecular formula is C25H25N2O+. The number of hydrogen-bond donors (Lipinski definition) is 0. The van der Waals surface area contributed by atoms with Gasteiger partial charge >= 0.3 is 0 Å². The molecule has 1 aliphatic rings. The van der Waals surface area contributed by atoms with E-state index in [4.69, 9.17) is 9.72 Å². The molecular weight excluding hydrogens is 344 g/mol. The molecule has 4 aromatic rings. The van der Waals surface area contributed by atoms with Gasteiger partial charge in [-0.3, -0.25) is 0 Å². The summed E-state index contributed by atoms with van der Waals surface area (Å²) in [5, 5.41) is 2.40. The van der Waals surface area contributed by atoms with Gasteiger partial charge in [0.25, 0.3) is 11.6 Å². The van der Waals surface area contributed by atoms with Crippen LogP contribution in [-0.2, 0) is 12.5 Å². The van der Waals surface area contributed by atoms with Gasteiger partial charge in [-0.2, -0.15) is 4.57 Å². The Bertz CT molecular complexity index is 1300. The number of para-hydroxylation sites is 1. The molecule has 0 amide bonds. The van der Waals surface area contributed by atoms with Gasteiger partial charge in [0.05, 0.1) is 5.56 Å². The van der Waals surface area contributed by atoms with Crippen molar-refractivity contribution in [3.63, 3.8) is 0 Å². The molecule has 0 N–H and O–H groups in total. The first-order valence-corrected chi connectivity index (χ1v) is 9.82. The lowest BCUT2D eigenvalue weighted by atomic mass is 9.85. The Hall–Kier alpha value is -2.94. The van der Waals surface area contributed by atoms with Gasteiger partial charge in [-0.1, -0.05) is 51.1 Å². The quantitative estimate of drug-likeness (QED) is 0.318. The van der Waals surface area contributed by atoms with Gasteiger partial charge in [0.1, 0.15) is 18.3 Å². The molecule has 2 heterocycles. The molecule has 28 heavy (non-hydrogen) atoms. The standard InChI is InChI=1S/C25H25N2O/c1-14-13-16-9-7-12-19-21(16)20(15(14)2)23-24(28-19)26-22-17(25(3,4)5)10-8-11-18(22)27(23)6/h7-13H,1-6H3/q+1. The lowest BCUT2D eigenvalue weighted by molar-refractivity contribution is -0.634. The topological polar surface area (TPSA) is 26.0 Å². The van der Waals surface area contributed by atoms with Crippen molar-refractivity contribution >= 4 is 21.8 Å². The van der Waals surface area contributed by atoms with E-state index in [0.717, 1.165) is 22.5 Å². The Morgan fingerprint density at radius 1 is 1.00 bits per heavy atom. The van der Waals surface area contributed by atoms with Gasteiger partial charge in [0.15, 0.2) is 0 Å².